The fourth-order valence-corrected chi connectivity index (χ4v) is 16.2. The van der Waals surface area contributed by atoms with E-state index >= 15 is 0 Å². The lowest BCUT2D eigenvalue weighted by atomic mass is 9.58. The van der Waals surface area contributed by atoms with E-state index < -0.39 is 109 Å². The summed E-state index contributed by atoms with van der Waals surface area (Å²) in [6, 6.07) is 0. The molecule has 0 aromatic carbocycles. The van der Waals surface area contributed by atoms with Crippen molar-refractivity contribution in [3.8, 4) is 0 Å². The van der Waals surface area contributed by atoms with Gasteiger partial charge in [-0.1, -0.05) is 41.5 Å². The van der Waals surface area contributed by atoms with Gasteiger partial charge in [0.25, 0.3) is 0 Å². The Kier molecular flexibility index (Phi) is 11.6. The van der Waals surface area contributed by atoms with Crippen molar-refractivity contribution in [3.05, 3.63) is 0 Å². The van der Waals surface area contributed by atoms with Crippen molar-refractivity contribution >= 4 is 17.9 Å². The smallest absolute Gasteiger partial charge is 0.312 e. The average Bonchev–Trinajstić information content (AvgIpc) is 3.79. The Labute approximate surface area is 404 Å². The molecule has 3 saturated carbocycles. The van der Waals surface area contributed by atoms with Gasteiger partial charge in [0.1, 0.15) is 0 Å². The summed E-state index contributed by atoms with van der Waals surface area (Å²) in [7, 11) is 0. The summed E-state index contributed by atoms with van der Waals surface area (Å²) < 4.78 is 58.0. The number of fused-ring (bicyclic) bond motifs is 6. The Bertz CT molecular complexity index is 1950. The van der Waals surface area contributed by atoms with Crippen molar-refractivity contribution in [1.82, 2.24) is 0 Å². The molecule has 0 aromatic rings. The molecule has 12 heterocycles. The maximum Gasteiger partial charge on any atom is 0.312 e. The number of carbonyl (C=O) groups is 3. The molecule has 18 nitrogen and oxygen atoms in total. The van der Waals surface area contributed by atoms with Crippen LogP contribution in [0.15, 0.2) is 0 Å². The Morgan fingerprint density at radius 3 is 1.09 bits per heavy atom. The zero-order valence-electron chi connectivity index (χ0n) is 41.7. The van der Waals surface area contributed by atoms with Gasteiger partial charge >= 0.3 is 17.9 Å². The van der Waals surface area contributed by atoms with Crippen molar-refractivity contribution in [2.45, 2.75) is 224 Å². The molecule has 12 aliphatic heterocycles. The fraction of sp³-hybridized carbons (Fsp3) is 0.941. The van der Waals surface area contributed by atoms with Crippen LogP contribution in [0.5, 0.6) is 0 Å². The first-order chi connectivity index (χ1) is 32.8. The molecule has 3 aliphatic carbocycles. The Morgan fingerprint density at radius 1 is 0.435 bits per heavy atom. The van der Waals surface area contributed by atoms with Gasteiger partial charge in [0.05, 0.1) is 18.8 Å². The van der Waals surface area contributed by atoms with Gasteiger partial charge in [-0.15, -0.1) is 0 Å². The minimum Gasteiger partial charge on any atom is -0.435 e. The van der Waals surface area contributed by atoms with Gasteiger partial charge in [-0.25, -0.2) is 29.3 Å². The molecule has 6 bridgehead atoms. The van der Waals surface area contributed by atoms with Crippen LogP contribution in [-0.4, -0.2) is 89.8 Å². The van der Waals surface area contributed by atoms with Crippen LogP contribution >= 0.6 is 0 Å². The maximum atomic E-state index is 14.8. The van der Waals surface area contributed by atoms with Gasteiger partial charge in [0, 0.05) is 54.8 Å². The van der Waals surface area contributed by atoms with Crippen molar-refractivity contribution in [1.29, 1.82) is 0 Å². The third-order valence-corrected chi connectivity index (χ3v) is 20.2. The van der Waals surface area contributed by atoms with Crippen LogP contribution in [0.3, 0.4) is 0 Å². The van der Waals surface area contributed by atoms with Crippen LogP contribution in [-0.2, 0) is 86.3 Å². The van der Waals surface area contributed by atoms with Crippen molar-refractivity contribution in [2.75, 3.05) is 0 Å². The molecule has 0 aromatic heterocycles. The van der Waals surface area contributed by atoms with Gasteiger partial charge in [0.15, 0.2) is 35.7 Å². The van der Waals surface area contributed by atoms with Gasteiger partial charge in [-0.2, -0.15) is 0 Å². The van der Waals surface area contributed by atoms with Crippen LogP contribution < -0.4 is 0 Å². The highest BCUT2D eigenvalue weighted by Gasteiger charge is 2.73. The fourth-order valence-electron chi connectivity index (χ4n) is 16.2. The molecule has 15 rings (SSSR count). The molecule has 15 fully saturated rings. The molecular formula is C51H74O18. The number of esters is 3. The highest BCUT2D eigenvalue weighted by atomic mass is 17.3. The minimum absolute atomic E-state index is 0.103. The molecule has 0 radical (unpaired) electrons. The monoisotopic (exact) mass is 974 g/mol. The van der Waals surface area contributed by atoms with E-state index in [1.54, 1.807) is 0 Å². The van der Waals surface area contributed by atoms with Crippen LogP contribution in [0.25, 0.3) is 0 Å². The molecule has 15 aliphatic rings. The Balaban J connectivity index is 0.792. The second kappa shape index (κ2) is 16.7. The summed E-state index contributed by atoms with van der Waals surface area (Å²) in [6.07, 6.45) is 2.98. The summed E-state index contributed by atoms with van der Waals surface area (Å²) in [5, 5.41) is 0. The summed E-state index contributed by atoms with van der Waals surface area (Å²) in [5.41, 5.74) is -2.61. The summed E-state index contributed by atoms with van der Waals surface area (Å²) >= 11 is 0. The van der Waals surface area contributed by atoms with E-state index in [0.29, 0.717) is 37.0 Å². The molecule has 3 spiro atoms. The topological polar surface area (TPSA) is 190 Å². The standard InChI is InChI=1S/C51H74O18/c1-24-10-13-34-27(4)40(58-43-49(34)31(24)16-19-46(7,61-43)64-67-49)55-37(52)22-30(39(54)57-42-29(6)36-15-12-26(3)33-18-21-48(9)63-45(60-42)51(33,36)69-66-48)23-38(53)56-41-28(5)35-14-11-25(2)32-17-20-47(8)62-44(59-41)50(32,35)68-65-47/h24-36,40-45H,10-23H2,1-9H3/t24-,25-,26-,27-,28-,29-,30?,31+,32+,33+,34+,35+,36+,40?,41?,42?,43-,44-,45-,46+,47+,48+,49-,50-,51-/m1/s1. The summed E-state index contributed by atoms with van der Waals surface area (Å²) in [4.78, 5) is 80.4. The largest absolute Gasteiger partial charge is 0.435 e. The van der Waals surface area contributed by atoms with E-state index in [4.69, 9.17) is 72.0 Å². The van der Waals surface area contributed by atoms with Gasteiger partial charge in [-0.05, 0) is 114 Å². The number of rotatable bonds is 8. The molecule has 386 valence electrons. The first kappa shape index (κ1) is 47.9. The first-order valence-electron chi connectivity index (χ1n) is 26.5. The molecule has 24 atom stereocenters. The average molecular weight is 975 g/mol. The highest BCUT2D eigenvalue weighted by Crippen LogP contribution is 2.64. The summed E-state index contributed by atoms with van der Waals surface area (Å²) in [6.45, 7) is 18.2. The third-order valence-electron chi connectivity index (χ3n) is 20.2. The third kappa shape index (κ3) is 7.24. The number of hydrogen-bond donors (Lipinski definition) is 0. The quantitative estimate of drug-likeness (QED) is 0.131. The van der Waals surface area contributed by atoms with E-state index in [1.165, 1.54) is 0 Å². The Morgan fingerprint density at radius 2 is 0.754 bits per heavy atom. The number of hydrogen-bond acceptors (Lipinski definition) is 18. The van der Waals surface area contributed by atoms with Gasteiger partial charge in [-0.3, -0.25) is 14.4 Å². The molecule has 3 unspecified atom stereocenters. The first-order valence-corrected chi connectivity index (χ1v) is 26.5. The van der Waals surface area contributed by atoms with Crippen LogP contribution in [0.1, 0.15) is 152 Å². The minimum atomic E-state index is -1.34. The van der Waals surface area contributed by atoms with E-state index in [2.05, 4.69) is 20.8 Å². The SMILES string of the molecule is C[C@@H]1CC[C@H]2[C@@H](C)C(OC(=O)CC(CC(=O)OC3O[C@@H]4O[C@]5(C)CC[C@H]6[C@H](C)CC[C@@H]([C@H]3C)[C@@]46OO5)C(=O)OC3O[C@@H]4O[C@]5(C)CC[C@H]6[C@H](C)CC[C@@H]([C@H]3C)[C@@]46OO5)O[C@@H]3O[C@]4(C)CC[C@@H]1[C@]32OO4. The lowest BCUT2D eigenvalue weighted by molar-refractivity contribution is -0.576. The molecule has 69 heavy (non-hydrogen) atoms. The Hall–Kier alpha value is -2.07. The summed E-state index contributed by atoms with van der Waals surface area (Å²) in [5.74, 6) is -6.65. The van der Waals surface area contributed by atoms with Crippen molar-refractivity contribution in [2.24, 2.45) is 76.9 Å². The molecule has 0 N–H and O–H groups in total. The highest BCUT2D eigenvalue weighted by molar-refractivity contribution is 5.84. The van der Waals surface area contributed by atoms with E-state index in [-0.39, 0.29) is 53.3 Å². The predicted molar refractivity (Wildman–Crippen MR) is 231 cm³/mol. The zero-order chi connectivity index (χ0) is 48.2. The lowest BCUT2D eigenvalue weighted by Gasteiger charge is -2.60. The molecule has 18 heteroatoms. The second-order valence-corrected chi connectivity index (χ2v) is 24.3. The van der Waals surface area contributed by atoms with Gasteiger partial charge < -0.3 is 42.6 Å². The number of carbonyl (C=O) groups excluding carboxylic acids is 3. The van der Waals surface area contributed by atoms with Gasteiger partial charge in [0.2, 0.25) is 36.2 Å². The molecule has 12 saturated heterocycles. The second-order valence-electron chi connectivity index (χ2n) is 24.3. The lowest BCUT2D eigenvalue weighted by Crippen LogP contribution is -2.70. The molecular weight excluding hydrogens is 901 g/mol. The van der Waals surface area contributed by atoms with E-state index in [0.717, 1.165) is 57.8 Å². The zero-order valence-corrected chi connectivity index (χ0v) is 41.7. The van der Waals surface area contributed by atoms with Crippen LogP contribution in [0.4, 0.5) is 0 Å². The van der Waals surface area contributed by atoms with Crippen LogP contribution in [0.2, 0.25) is 0 Å². The number of ether oxygens (including phenoxy) is 9. The van der Waals surface area contributed by atoms with Crippen LogP contribution in [0, 0.1) is 76.9 Å². The van der Waals surface area contributed by atoms with E-state index in [9.17, 15) is 14.4 Å². The van der Waals surface area contributed by atoms with Crippen molar-refractivity contribution in [3.63, 3.8) is 0 Å². The van der Waals surface area contributed by atoms with E-state index in [1.807, 2.05) is 41.5 Å². The van der Waals surface area contributed by atoms with Crippen molar-refractivity contribution < 1.29 is 86.3 Å². The molecule has 0 amide bonds. The maximum absolute atomic E-state index is 14.8. The predicted octanol–water partition coefficient (Wildman–Crippen LogP) is 7.64. The normalized spacial score (nSPS) is 56.0.